The molecule has 0 aliphatic heterocycles. The normalized spacial score (nSPS) is 14.8. The molecule has 4 nitrogen and oxygen atoms in total. The van der Waals surface area contributed by atoms with E-state index in [0.29, 0.717) is 19.0 Å². The lowest BCUT2D eigenvalue weighted by molar-refractivity contribution is 0.0655. The van der Waals surface area contributed by atoms with E-state index in [2.05, 4.69) is 21.5 Å². The van der Waals surface area contributed by atoms with Crippen molar-refractivity contribution < 1.29 is 5.11 Å². The molecule has 1 atom stereocenters. The van der Waals surface area contributed by atoms with Crippen LogP contribution < -0.4 is 10.6 Å². The molecule has 0 amide bonds. The summed E-state index contributed by atoms with van der Waals surface area (Å²) in [6.45, 7) is 2.54. The number of nitrogens with one attached hydrogen (secondary N) is 2. The topological polar surface area (TPSA) is 56.7 Å². The Balaban J connectivity index is 2.52. The molecule has 0 saturated heterocycles. The molecular formula is C12H17N3OS. The van der Waals surface area contributed by atoms with E-state index in [1.54, 1.807) is 14.0 Å². The Bertz CT molecular complexity index is 404. The Hall–Kier alpha value is -1.51. The van der Waals surface area contributed by atoms with Crippen LogP contribution in [0.2, 0.25) is 0 Å². The first-order valence-electron chi connectivity index (χ1n) is 5.24. The fraction of sp³-hybridized carbons (Fsp3) is 0.417. The molecule has 1 rings (SSSR count). The molecule has 1 unspecified atom stereocenters. The summed E-state index contributed by atoms with van der Waals surface area (Å²) < 4.78 is 0. The van der Waals surface area contributed by atoms with Gasteiger partial charge in [0, 0.05) is 11.9 Å². The quantitative estimate of drug-likeness (QED) is 0.420. The first-order valence-corrected chi connectivity index (χ1v) is 6.12. The summed E-state index contributed by atoms with van der Waals surface area (Å²) in [7, 11) is 1.66. The molecule has 1 aromatic heterocycles. The van der Waals surface area contributed by atoms with Crippen LogP contribution >= 0.6 is 11.3 Å². The van der Waals surface area contributed by atoms with E-state index in [1.165, 1.54) is 11.3 Å². The second kappa shape index (κ2) is 6.28. The minimum Gasteiger partial charge on any atom is -0.383 e. The van der Waals surface area contributed by atoms with Gasteiger partial charge >= 0.3 is 0 Å². The monoisotopic (exact) mass is 251 g/mol. The highest BCUT2D eigenvalue weighted by Gasteiger charge is 2.24. The predicted molar refractivity (Wildman–Crippen MR) is 72.1 cm³/mol. The van der Waals surface area contributed by atoms with Crippen molar-refractivity contribution in [3.05, 3.63) is 22.4 Å². The first-order chi connectivity index (χ1) is 8.10. The number of aliphatic imine (C=N–C) groups is 1. The second-order valence-corrected chi connectivity index (χ2v) is 4.68. The molecule has 1 aromatic rings. The predicted octanol–water partition coefficient (Wildman–Crippen LogP) is 0.754. The molecule has 1 heterocycles. The number of hydrogen-bond donors (Lipinski definition) is 3. The van der Waals surface area contributed by atoms with Crippen LogP contribution in [0.4, 0.5) is 0 Å². The summed E-state index contributed by atoms with van der Waals surface area (Å²) in [6, 6.07) is 3.82. The molecular weight excluding hydrogens is 234 g/mol. The van der Waals surface area contributed by atoms with Crippen molar-refractivity contribution in [2.75, 3.05) is 20.1 Å². The van der Waals surface area contributed by atoms with E-state index in [1.807, 2.05) is 17.5 Å². The fourth-order valence-corrected chi connectivity index (χ4v) is 2.07. The fourth-order valence-electron chi connectivity index (χ4n) is 1.28. The lowest BCUT2D eigenvalue weighted by Gasteiger charge is -2.23. The van der Waals surface area contributed by atoms with Crippen LogP contribution in [0.3, 0.4) is 0 Å². The van der Waals surface area contributed by atoms with Gasteiger partial charge in [-0.3, -0.25) is 4.99 Å². The minimum atomic E-state index is -0.915. The number of rotatable bonds is 4. The van der Waals surface area contributed by atoms with Crippen LogP contribution in [0.25, 0.3) is 0 Å². The van der Waals surface area contributed by atoms with Crippen molar-refractivity contribution in [1.82, 2.24) is 10.6 Å². The van der Waals surface area contributed by atoms with Crippen LogP contribution in [0.1, 0.15) is 11.8 Å². The zero-order chi connectivity index (χ0) is 12.7. The Labute approximate surface area is 106 Å². The van der Waals surface area contributed by atoms with E-state index < -0.39 is 5.60 Å². The molecule has 5 heteroatoms. The zero-order valence-corrected chi connectivity index (χ0v) is 10.8. The van der Waals surface area contributed by atoms with Gasteiger partial charge in [0.2, 0.25) is 0 Å². The summed E-state index contributed by atoms with van der Waals surface area (Å²) in [4.78, 5) is 4.92. The standard InChI is InChI=1S/C12H17N3OS/c1-4-7-14-11(13-3)15-9-12(2,16)10-6-5-8-17-10/h1,5-6,8,16H,7,9H2,2-3H3,(H2,13,14,15). The lowest BCUT2D eigenvalue weighted by Crippen LogP contribution is -2.44. The zero-order valence-electron chi connectivity index (χ0n) is 10.0. The highest BCUT2D eigenvalue weighted by atomic mass is 32.1. The van der Waals surface area contributed by atoms with Gasteiger partial charge in [0.05, 0.1) is 13.1 Å². The van der Waals surface area contributed by atoms with Crippen LogP contribution in [0, 0.1) is 12.3 Å². The third kappa shape index (κ3) is 4.10. The summed E-state index contributed by atoms with van der Waals surface area (Å²) in [6.07, 6.45) is 5.15. The Morgan fingerprint density at radius 1 is 1.65 bits per heavy atom. The number of nitrogens with zero attached hydrogens (tertiary/aromatic N) is 1. The van der Waals surface area contributed by atoms with E-state index in [4.69, 9.17) is 6.42 Å². The maximum absolute atomic E-state index is 10.3. The summed E-state index contributed by atoms with van der Waals surface area (Å²) in [5.41, 5.74) is -0.915. The number of thiophene rings is 1. The molecule has 0 fully saturated rings. The van der Waals surface area contributed by atoms with Crippen molar-refractivity contribution >= 4 is 17.3 Å². The third-order valence-electron chi connectivity index (χ3n) is 2.23. The number of guanidine groups is 1. The van der Waals surface area contributed by atoms with E-state index in [-0.39, 0.29) is 0 Å². The van der Waals surface area contributed by atoms with Crippen LogP contribution in [-0.4, -0.2) is 31.2 Å². The lowest BCUT2D eigenvalue weighted by atomic mass is 10.1. The van der Waals surface area contributed by atoms with Crippen molar-refractivity contribution in [1.29, 1.82) is 0 Å². The summed E-state index contributed by atoms with van der Waals surface area (Å²) in [5.74, 6) is 3.05. The number of aliphatic hydroxyl groups is 1. The van der Waals surface area contributed by atoms with Crippen LogP contribution in [0.5, 0.6) is 0 Å². The number of hydrogen-bond acceptors (Lipinski definition) is 3. The van der Waals surface area contributed by atoms with Gasteiger partial charge in [0.15, 0.2) is 5.96 Å². The van der Waals surface area contributed by atoms with E-state index in [0.717, 1.165) is 4.88 Å². The third-order valence-corrected chi connectivity index (χ3v) is 3.36. The van der Waals surface area contributed by atoms with E-state index >= 15 is 0 Å². The van der Waals surface area contributed by atoms with Gasteiger partial charge in [-0.05, 0) is 18.4 Å². The summed E-state index contributed by atoms with van der Waals surface area (Å²) >= 11 is 1.52. The highest BCUT2D eigenvalue weighted by Crippen LogP contribution is 2.24. The highest BCUT2D eigenvalue weighted by molar-refractivity contribution is 7.10. The minimum absolute atomic E-state index is 0.373. The van der Waals surface area contributed by atoms with Gasteiger partial charge in [-0.15, -0.1) is 17.8 Å². The molecule has 0 radical (unpaired) electrons. The maximum Gasteiger partial charge on any atom is 0.191 e. The molecule has 17 heavy (non-hydrogen) atoms. The molecule has 92 valence electrons. The molecule has 3 N–H and O–H groups in total. The second-order valence-electron chi connectivity index (χ2n) is 3.73. The Kier molecular flexibility index (Phi) is 5.01. The number of terminal acetylenes is 1. The average Bonchev–Trinajstić information content (AvgIpc) is 2.83. The SMILES string of the molecule is C#CCNC(=NC)NCC(C)(O)c1cccs1. The molecule has 0 spiro atoms. The van der Waals surface area contributed by atoms with Gasteiger partial charge < -0.3 is 15.7 Å². The van der Waals surface area contributed by atoms with E-state index in [9.17, 15) is 5.11 Å². The Morgan fingerprint density at radius 3 is 2.94 bits per heavy atom. The van der Waals surface area contributed by atoms with Gasteiger partial charge in [-0.25, -0.2) is 0 Å². The van der Waals surface area contributed by atoms with Crippen molar-refractivity contribution in [2.45, 2.75) is 12.5 Å². The van der Waals surface area contributed by atoms with Crippen molar-refractivity contribution in [2.24, 2.45) is 4.99 Å². The largest absolute Gasteiger partial charge is 0.383 e. The van der Waals surface area contributed by atoms with Crippen molar-refractivity contribution in [3.63, 3.8) is 0 Å². The Morgan fingerprint density at radius 2 is 2.41 bits per heavy atom. The molecule has 0 bridgehead atoms. The molecule has 0 aromatic carbocycles. The maximum atomic E-state index is 10.3. The van der Waals surface area contributed by atoms with Crippen molar-refractivity contribution in [3.8, 4) is 12.3 Å². The van der Waals surface area contributed by atoms with Gasteiger partial charge in [0.1, 0.15) is 5.60 Å². The van der Waals surface area contributed by atoms with Gasteiger partial charge in [-0.2, -0.15) is 0 Å². The van der Waals surface area contributed by atoms with Gasteiger partial charge in [0.25, 0.3) is 0 Å². The van der Waals surface area contributed by atoms with Gasteiger partial charge in [-0.1, -0.05) is 12.0 Å². The first kappa shape index (κ1) is 13.6. The average molecular weight is 251 g/mol. The van der Waals surface area contributed by atoms with Crippen LogP contribution in [-0.2, 0) is 5.60 Å². The smallest absolute Gasteiger partial charge is 0.191 e. The summed E-state index contributed by atoms with van der Waals surface area (Å²) in [5, 5.41) is 18.2. The molecule has 0 aliphatic carbocycles. The molecule has 0 aliphatic rings. The van der Waals surface area contributed by atoms with Crippen LogP contribution in [0.15, 0.2) is 22.5 Å². The molecule has 0 saturated carbocycles.